The summed E-state index contributed by atoms with van der Waals surface area (Å²) in [6.45, 7) is 5.02. The number of carbonyl (C=O) groups is 3. The van der Waals surface area contributed by atoms with Crippen LogP contribution in [0.5, 0.6) is 0 Å². The SMILES string of the molecule is CCOC(=O)[C@H]1[C@@H]2O[C@@]3(CC2Br)[C@@H]1C(=O)N([C@H](C)CO)[C@@H]3C(=O)Nc1c(C)cccc1Cl. The van der Waals surface area contributed by atoms with Crippen molar-refractivity contribution in [3.63, 3.8) is 0 Å². The van der Waals surface area contributed by atoms with Crippen LogP contribution in [0.3, 0.4) is 0 Å². The fourth-order valence-corrected chi connectivity index (χ4v) is 6.63. The van der Waals surface area contributed by atoms with Crippen LogP contribution in [-0.2, 0) is 23.9 Å². The number of para-hydroxylation sites is 1. The number of hydrogen-bond donors (Lipinski definition) is 2. The van der Waals surface area contributed by atoms with Gasteiger partial charge in [-0.15, -0.1) is 0 Å². The van der Waals surface area contributed by atoms with Gasteiger partial charge >= 0.3 is 5.97 Å². The van der Waals surface area contributed by atoms with Crippen LogP contribution in [-0.4, -0.2) is 69.6 Å². The molecule has 0 aliphatic carbocycles. The Hall–Kier alpha value is -1.68. The monoisotopic (exact) mass is 528 g/mol. The molecule has 3 fully saturated rings. The van der Waals surface area contributed by atoms with Crippen LogP contribution >= 0.6 is 27.5 Å². The van der Waals surface area contributed by atoms with Gasteiger partial charge in [-0.3, -0.25) is 14.4 Å². The molecular weight excluding hydrogens is 504 g/mol. The molecule has 1 aromatic rings. The Labute approximate surface area is 199 Å². The van der Waals surface area contributed by atoms with E-state index in [9.17, 15) is 19.5 Å². The molecule has 2 bridgehead atoms. The highest BCUT2D eigenvalue weighted by molar-refractivity contribution is 9.09. The number of benzene rings is 1. The van der Waals surface area contributed by atoms with E-state index in [1.54, 1.807) is 26.0 Å². The normalized spacial score (nSPS) is 33.9. The molecule has 174 valence electrons. The molecule has 0 aromatic heterocycles. The first-order valence-electron chi connectivity index (χ1n) is 10.7. The van der Waals surface area contributed by atoms with Gasteiger partial charge in [-0.05, 0) is 38.8 Å². The Morgan fingerprint density at radius 3 is 2.81 bits per heavy atom. The number of carbonyl (C=O) groups excluding carboxylic acids is 3. The van der Waals surface area contributed by atoms with Crippen LogP contribution in [0, 0.1) is 18.8 Å². The lowest BCUT2D eigenvalue weighted by Crippen LogP contribution is -2.56. The van der Waals surface area contributed by atoms with Gasteiger partial charge in [0.2, 0.25) is 11.8 Å². The molecule has 8 nitrogen and oxygen atoms in total. The molecule has 2 amide bonds. The largest absolute Gasteiger partial charge is 0.466 e. The van der Waals surface area contributed by atoms with Crippen LogP contribution in [0.15, 0.2) is 18.2 Å². The van der Waals surface area contributed by atoms with E-state index in [4.69, 9.17) is 21.1 Å². The molecule has 3 saturated heterocycles. The molecule has 0 radical (unpaired) electrons. The molecule has 1 unspecified atom stereocenters. The Morgan fingerprint density at radius 2 is 2.19 bits per heavy atom. The van der Waals surface area contributed by atoms with Crippen molar-refractivity contribution in [3.05, 3.63) is 28.8 Å². The number of ether oxygens (including phenoxy) is 2. The number of rotatable bonds is 6. The Kier molecular flexibility index (Phi) is 6.30. The second-order valence-electron chi connectivity index (χ2n) is 8.61. The highest BCUT2D eigenvalue weighted by Crippen LogP contribution is 2.60. The summed E-state index contributed by atoms with van der Waals surface area (Å²) in [6.07, 6.45) is -0.204. The van der Waals surface area contributed by atoms with Crippen LogP contribution in [0.1, 0.15) is 25.8 Å². The summed E-state index contributed by atoms with van der Waals surface area (Å²) >= 11 is 9.89. The second-order valence-corrected chi connectivity index (χ2v) is 10.2. The van der Waals surface area contributed by atoms with Crippen LogP contribution < -0.4 is 5.32 Å². The predicted molar refractivity (Wildman–Crippen MR) is 121 cm³/mol. The molecule has 3 heterocycles. The Morgan fingerprint density at radius 1 is 1.47 bits per heavy atom. The number of aliphatic hydroxyl groups is 1. The van der Waals surface area contributed by atoms with Gasteiger partial charge in [-0.25, -0.2) is 0 Å². The molecule has 2 N–H and O–H groups in total. The molecule has 7 atom stereocenters. The van der Waals surface area contributed by atoms with E-state index in [-0.39, 0.29) is 23.9 Å². The summed E-state index contributed by atoms with van der Waals surface area (Å²) in [5, 5.41) is 13.1. The first-order valence-corrected chi connectivity index (χ1v) is 11.9. The summed E-state index contributed by atoms with van der Waals surface area (Å²) < 4.78 is 11.6. The lowest BCUT2D eigenvalue weighted by molar-refractivity contribution is -0.155. The summed E-state index contributed by atoms with van der Waals surface area (Å²) in [5.74, 6) is -3.06. The number of esters is 1. The zero-order valence-corrected chi connectivity index (χ0v) is 20.4. The molecule has 3 aliphatic heterocycles. The van der Waals surface area contributed by atoms with E-state index in [2.05, 4.69) is 21.2 Å². The van der Waals surface area contributed by atoms with Crippen LogP contribution in [0.2, 0.25) is 5.02 Å². The van der Waals surface area contributed by atoms with E-state index in [1.807, 2.05) is 13.0 Å². The van der Waals surface area contributed by atoms with Crippen LogP contribution in [0.4, 0.5) is 5.69 Å². The summed E-state index contributed by atoms with van der Waals surface area (Å²) in [6, 6.07) is 3.58. The fraction of sp³-hybridized carbons (Fsp3) is 0.591. The topological polar surface area (TPSA) is 105 Å². The van der Waals surface area contributed by atoms with Gasteiger partial charge in [0.05, 0.1) is 47.9 Å². The summed E-state index contributed by atoms with van der Waals surface area (Å²) in [5.41, 5.74) is 0.00840. The number of aryl methyl sites for hydroxylation is 1. The molecule has 3 aliphatic rings. The first-order chi connectivity index (χ1) is 15.2. The van der Waals surface area contributed by atoms with Gasteiger partial charge in [-0.2, -0.15) is 0 Å². The maximum absolute atomic E-state index is 13.7. The third kappa shape index (κ3) is 3.36. The number of nitrogens with zero attached hydrogens (tertiary/aromatic N) is 1. The number of fused-ring (bicyclic) bond motifs is 1. The van der Waals surface area contributed by atoms with E-state index >= 15 is 0 Å². The van der Waals surface area contributed by atoms with Crippen molar-refractivity contribution >= 4 is 51.0 Å². The number of anilines is 1. The van der Waals surface area contributed by atoms with Gasteiger partial charge in [0, 0.05) is 4.83 Å². The van der Waals surface area contributed by atoms with E-state index in [1.165, 1.54) is 4.90 Å². The van der Waals surface area contributed by atoms with E-state index in [0.29, 0.717) is 17.1 Å². The maximum atomic E-state index is 13.7. The lowest BCUT2D eigenvalue weighted by atomic mass is 9.70. The predicted octanol–water partition coefficient (Wildman–Crippen LogP) is 2.28. The van der Waals surface area contributed by atoms with Crippen molar-refractivity contribution in [1.29, 1.82) is 0 Å². The molecule has 0 saturated carbocycles. The van der Waals surface area contributed by atoms with E-state index in [0.717, 1.165) is 5.56 Å². The number of amides is 2. The second kappa shape index (κ2) is 8.59. The van der Waals surface area contributed by atoms with Gasteiger partial charge in [0.15, 0.2) is 0 Å². The van der Waals surface area contributed by atoms with Gasteiger partial charge in [-0.1, -0.05) is 39.7 Å². The highest BCUT2D eigenvalue weighted by Gasteiger charge is 2.77. The van der Waals surface area contributed by atoms with Crippen molar-refractivity contribution < 1.29 is 29.0 Å². The summed E-state index contributed by atoms with van der Waals surface area (Å²) in [7, 11) is 0. The molecular formula is C22H26BrClN2O6. The zero-order valence-electron chi connectivity index (χ0n) is 18.0. The standard InChI is InChI=1S/C22H26BrClN2O6/c1-4-31-21(30)14-15-20(29)26(11(3)9-27)18(22(15)8-12(23)17(14)32-22)19(28)25-16-10(2)6-5-7-13(16)24/h5-7,11-12,14-15,17-18,27H,4,8-9H2,1-3H3,(H,25,28)/t11-,12?,14-,15+,17-,18-,22+/m1/s1. The number of likely N-dealkylation sites (tertiary alicyclic amines) is 1. The van der Waals surface area contributed by atoms with Crippen molar-refractivity contribution in [2.24, 2.45) is 11.8 Å². The molecule has 4 rings (SSSR count). The number of hydrogen-bond acceptors (Lipinski definition) is 6. The van der Waals surface area contributed by atoms with Crippen molar-refractivity contribution in [1.82, 2.24) is 4.90 Å². The average Bonchev–Trinajstić information content (AvgIpc) is 3.33. The average molecular weight is 530 g/mol. The van der Waals surface area contributed by atoms with Gasteiger partial charge in [0.1, 0.15) is 11.6 Å². The number of halogens is 2. The zero-order chi connectivity index (χ0) is 23.4. The fourth-order valence-electron chi connectivity index (χ4n) is 5.42. The minimum absolute atomic E-state index is 0.176. The van der Waals surface area contributed by atoms with Crippen molar-refractivity contribution in [3.8, 4) is 0 Å². The molecule has 32 heavy (non-hydrogen) atoms. The van der Waals surface area contributed by atoms with E-state index < -0.39 is 47.5 Å². The number of nitrogens with one attached hydrogen (secondary N) is 1. The van der Waals surface area contributed by atoms with Crippen molar-refractivity contribution in [2.45, 2.75) is 55.8 Å². The third-order valence-corrected chi connectivity index (χ3v) is 7.90. The maximum Gasteiger partial charge on any atom is 0.312 e. The molecule has 10 heteroatoms. The highest BCUT2D eigenvalue weighted by atomic mass is 79.9. The Bertz CT molecular complexity index is 940. The van der Waals surface area contributed by atoms with Gasteiger partial charge in [0.25, 0.3) is 0 Å². The molecule has 1 aromatic carbocycles. The van der Waals surface area contributed by atoms with Crippen molar-refractivity contribution in [2.75, 3.05) is 18.5 Å². The minimum Gasteiger partial charge on any atom is -0.466 e. The Balaban J connectivity index is 1.77. The first kappa shape index (κ1) is 23.5. The smallest absolute Gasteiger partial charge is 0.312 e. The lowest BCUT2D eigenvalue weighted by Gasteiger charge is -2.35. The quantitative estimate of drug-likeness (QED) is 0.433. The van der Waals surface area contributed by atoms with Gasteiger partial charge < -0.3 is 24.8 Å². The number of alkyl halides is 1. The number of aliphatic hydroxyl groups excluding tert-OH is 1. The molecule has 1 spiro atoms. The van der Waals surface area contributed by atoms with Crippen LogP contribution in [0.25, 0.3) is 0 Å². The third-order valence-electron chi connectivity index (χ3n) is 6.74. The summed E-state index contributed by atoms with van der Waals surface area (Å²) in [4.78, 5) is 41.2. The minimum atomic E-state index is -1.21.